The van der Waals surface area contributed by atoms with E-state index in [0.29, 0.717) is 13.0 Å². The van der Waals surface area contributed by atoms with E-state index in [1.807, 2.05) is 12.1 Å². The molecule has 1 amide bonds. The minimum atomic E-state index is -0.680. The Balaban J connectivity index is 2.17. The van der Waals surface area contributed by atoms with Gasteiger partial charge >= 0.3 is 5.97 Å². The van der Waals surface area contributed by atoms with Crippen molar-refractivity contribution in [3.05, 3.63) is 30.1 Å². The molecule has 1 saturated heterocycles. The number of rotatable bonds is 3. The van der Waals surface area contributed by atoms with Gasteiger partial charge in [-0.25, -0.2) is 0 Å². The fraction of sp³-hybridized carbons (Fsp3) is 0.462. The van der Waals surface area contributed by atoms with Gasteiger partial charge < -0.3 is 9.64 Å². The summed E-state index contributed by atoms with van der Waals surface area (Å²) in [5.74, 6) is -1.29. The Bertz CT molecular complexity index is 447. The molecule has 0 radical (unpaired) electrons. The van der Waals surface area contributed by atoms with Crippen LogP contribution in [0.15, 0.2) is 24.5 Å². The lowest BCUT2D eigenvalue weighted by Gasteiger charge is -2.19. The molecule has 2 atom stereocenters. The maximum Gasteiger partial charge on any atom is 0.318 e. The predicted octanol–water partition coefficient (Wildman–Crippen LogP) is 1.16. The van der Waals surface area contributed by atoms with Gasteiger partial charge in [0.2, 0.25) is 5.91 Å². The van der Waals surface area contributed by atoms with Crippen molar-refractivity contribution < 1.29 is 14.3 Å². The molecule has 1 aliphatic rings. The van der Waals surface area contributed by atoms with Gasteiger partial charge in [0.05, 0.1) is 12.6 Å². The molecule has 0 aliphatic carbocycles. The zero-order valence-corrected chi connectivity index (χ0v) is 10.5. The molecule has 0 aromatic carbocycles. The van der Waals surface area contributed by atoms with Crippen LogP contribution in [0.25, 0.3) is 0 Å². The maximum atomic E-state index is 12.0. The number of carbonyl (C=O) groups is 2. The number of esters is 1. The molecule has 0 bridgehead atoms. The Morgan fingerprint density at radius 3 is 3.00 bits per heavy atom. The first kappa shape index (κ1) is 12.5. The van der Waals surface area contributed by atoms with E-state index in [-0.39, 0.29) is 11.9 Å². The molecule has 0 spiro atoms. The Labute approximate surface area is 106 Å². The van der Waals surface area contributed by atoms with Gasteiger partial charge in [0.25, 0.3) is 0 Å². The van der Waals surface area contributed by atoms with Gasteiger partial charge in [-0.3, -0.25) is 14.6 Å². The van der Waals surface area contributed by atoms with E-state index < -0.39 is 11.9 Å². The number of likely N-dealkylation sites (tertiary alicyclic amines) is 1. The second-order valence-corrected chi connectivity index (χ2v) is 4.29. The number of ether oxygens (including phenoxy) is 1. The summed E-state index contributed by atoms with van der Waals surface area (Å²) in [4.78, 5) is 29.3. The number of nitrogens with zero attached hydrogens (tertiary/aromatic N) is 2. The third-order valence-electron chi connectivity index (χ3n) is 3.21. The molecule has 1 aromatic heterocycles. The first-order valence-corrected chi connectivity index (χ1v) is 5.98. The molecular weight excluding hydrogens is 232 g/mol. The molecule has 1 aromatic rings. The van der Waals surface area contributed by atoms with E-state index >= 15 is 0 Å². The van der Waals surface area contributed by atoms with Crippen LogP contribution in [0.2, 0.25) is 0 Å². The summed E-state index contributed by atoms with van der Waals surface area (Å²) in [5.41, 5.74) is 0.945. The van der Waals surface area contributed by atoms with Crippen LogP contribution in [0.3, 0.4) is 0 Å². The van der Waals surface area contributed by atoms with Crippen molar-refractivity contribution in [1.29, 1.82) is 0 Å². The molecule has 96 valence electrons. The van der Waals surface area contributed by atoms with Crippen LogP contribution in [0, 0.1) is 5.92 Å². The normalized spacial score (nSPS) is 23.2. The van der Waals surface area contributed by atoms with E-state index in [2.05, 4.69) is 4.98 Å². The second kappa shape index (κ2) is 5.16. The second-order valence-electron chi connectivity index (χ2n) is 4.29. The van der Waals surface area contributed by atoms with Crippen LogP contribution in [-0.4, -0.2) is 35.4 Å². The minimum Gasteiger partial charge on any atom is -0.465 e. The zero-order valence-electron chi connectivity index (χ0n) is 10.5. The molecular formula is C13H16N2O3. The number of carbonyl (C=O) groups excluding carboxylic acids is 2. The number of hydrogen-bond acceptors (Lipinski definition) is 4. The van der Waals surface area contributed by atoms with Gasteiger partial charge in [0.15, 0.2) is 0 Å². The van der Waals surface area contributed by atoms with Gasteiger partial charge in [-0.15, -0.1) is 0 Å². The van der Waals surface area contributed by atoms with Crippen LogP contribution in [0.5, 0.6) is 0 Å². The highest BCUT2D eigenvalue weighted by Gasteiger charge is 2.43. The SMILES string of the molecule is CCOC(=O)C1C[C@@H](c2cccnc2)N(C)C1=O. The summed E-state index contributed by atoms with van der Waals surface area (Å²) in [6, 6.07) is 3.64. The van der Waals surface area contributed by atoms with Crippen molar-refractivity contribution in [2.24, 2.45) is 5.92 Å². The van der Waals surface area contributed by atoms with Crippen LogP contribution < -0.4 is 0 Å². The summed E-state index contributed by atoms with van der Waals surface area (Å²) in [5, 5.41) is 0. The molecule has 5 heteroatoms. The molecule has 0 saturated carbocycles. The number of hydrogen-bond donors (Lipinski definition) is 0. The molecule has 1 aliphatic heterocycles. The van der Waals surface area contributed by atoms with E-state index in [1.165, 1.54) is 0 Å². The van der Waals surface area contributed by atoms with Crippen LogP contribution in [0.1, 0.15) is 24.9 Å². The fourth-order valence-corrected chi connectivity index (χ4v) is 2.25. The average molecular weight is 248 g/mol. The summed E-state index contributed by atoms with van der Waals surface area (Å²) < 4.78 is 4.93. The Hall–Kier alpha value is -1.91. The third-order valence-corrected chi connectivity index (χ3v) is 3.21. The van der Waals surface area contributed by atoms with Crippen molar-refractivity contribution in [2.45, 2.75) is 19.4 Å². The van der Waals surface area contributed by atoms with Crippen molar-refractivity contribution in [3.8, 4) is 0 Å². The monoisotopic (exact) mass is 248 g/mol. The summed E-state index contributed by atoms with van der Waals surface area (Å²) in [7, 11) is 1.71. The predicted molar refractivity (Wildman–Crippen MR) is 64.5 cm³/mol. The topological polar surface area (TPSA) is 59.5 Å². The standard InChI is InChI=1S/C13H16N2O3/c1-3-18-13(17)10-7-11(15(2)12(10)16)9-5-4-6-14-8-9/h4-6,8,10-11H,3,7H2,1-2H3/t10?,11-/m0/s1. The van der Waals surface area contributed by atoms with Crippen LogP contribution in [-0.2, 0) is 14.3 Å². The highest BCUT2D eigenvalue weighted by atomic mass is 16.5. The van der Waals surface area contributed by atoms with Gasteiger partial charge in [0.1, 0.15) is 5.92 Å². The minimum absolute atomic E-state index is 0.0967. The number of pyridine rings is 1. The Kier molecular flexibility index (Phi) is 3.60. The van der Waals surface area contributed by atoms with Crippen molar-refractivity contribution in [2.75, 3.05) is 13.7 Å². The fourth-order valence-electron chi connectivity index (χ4n) is 2.25. The largest absolute Gasteiger partial charge is 0.465 e. The summed E-state index contributed by atoms with van der Waals surface area (Å²) >= 11 is 0. The highest BCUT2D eigenvalue weighted by Crippen LogP contribution is 2.35. The molecule has 0 N–H and O–H groups in total. The average Bonchev–Trinajstić information content (AvgIpc) is 2.68. The number of amides is 1. The van der Waals surface area contributed by atoms with Gasteiger partial charge in [-0.1, -0.05) is 6.07 Å². The maximum absolute atomic E-state index is 12.0. The van der Waals surface area contributed by atoms with Crippen LogP contribution >= 0.6 is 0 Å². The number of aromatic nitrogens is 1. The van der Waals surface area contributed by atoms with Crippen molar-refractivity contribution >= 4 is 11.9 Å². The Morgan fingerprint density at radius 2 is 2.39 bits per heavy atom. The highest BCUT2D eigenvalue weighted by molar-refractivity contribution is 5.99. The smallest absolute Gasteiger partial charge is 0.318 e. The zero-order chi connectivity index (χ0) is 13.1. The van der Waals surface area contributed by atoms with Gasteiger partial charge in [0, 0.05) is 19.4 Å². The Morgan fingerprint density at radius 1 is 1.61 bits per heavy atom. The van der Waals surface area contributed by atoms with Gasteiger partial charge in [-0.05, 0) is 25.0 Å². The van der Waals surface area contributed by atoms with E-state index in [9.17, 15) is 9.59 Å². The van der Waals surface area contributed by atoms with E-state index in [1.54, 1.807) is 31.3 Å². The molecule has 18 heavy (non-hydrogen) atoms. The summed E-state index contributed by atoms with van der Waals surface area (Å²) in [6.07, 6.45) is 3.87. The van der Waals surface area contributed by atoms with E-state index in [4.69, 9.17) is 4.74 Å². The molecule has 2 heterocycles. The lowest BCUT2D eigenvalue weighted by Crippen LogP contribution is -2.29. The first-order chi connectivity index (χ1) is 8.65. The first-order valence-electron chi connectivity index (χ1n) is 5.98. The molecule has 1 unspecified atom stereocenters. The molecule has 5 nitrogen and oxygen atoms in total. The van der Waals surface area contributed by atoms with E-state index in [0.717, 1.165) is 5.56 Å². The van der Waals surface area contributed by atoms with Crippen molar-refractivity contribution in [1.82, 2.24) is 9.88 Å². The molecule has 1 fully saturated rings. The summed E-state index contributed by atoms with van der Waals surface area (Å²) in [6.45, 7) is 2.03. The lowest BCUT2D eigenvalue weighted by molar-refractivity contribution is -0.152. The van der Waals surface area contributed by atoms with Crippen LogP contribution in [0.4, 0.5) is 0 Å². The quantitative estimate of drug-likeness (QED) is 0.595. The van der Waals surface area contributed by atoms with Gasteiger partial charge in [-0.2, -0.15) is 0 Å². The third kappa shape index (κ3) is 2.20. The molecule has 2 rings (SSSR count). The van der Waals surface area contributed by atoms with Crippen molar-refractivity contribution in [3.63, 3.8) is 0 Å². The lowest BCUT2D eigenvalue weighted by atomic mass is 10.0.